The van der Waals surface area contributed by atoms with Crippen LogP contribution in [0.3, 0.4) is 0 Å². The molecule has 0 aliphatic carbocycles. The molecule has 1 N–H and O–H groups in total. The SMILES string of the molecule is COc1cc(N(C)CCN(C)C)ccc1Nc1ncc2c(C#C[Si](C(C)C)(C(C)C)C(C)C)c(-c3ccccc3)c(=O)n(C)c2n1. The molecular formula is C37H50N6O2Si. The maximum Gasteiger partial charge on any atom is 0.261 e. The highest BCUT2D eigenvalue weighted by Gasteiger charge is 2.41. The Bertz CT molecular complexity index is 1770. The van der Waals surface area contributed by atoms with Gasteiger partial charge in [0, 0.05) is 50.7 Å². The van der Waals surface area contributed by atoms with Gasteiger partial charge in [-0.25, -0.2) is 4.98 Å². The minimum atomic E-state index is -2.09. The molecule has 0 saturated heterocycles. The highest BCUT2D eigenvalue weighted by atomic mass is 28.3. The van der Waals surface area contributed by atoms with Crippen molar-refractivity contribution in [1.29, 1.82) is 0 Å². The topological polar surface area (TPSA) is 75.5 Å². The van der Waals surface area contributed by atoms with E-state index in [0.717, 1.165) is 35.4 Å². The van der Waals surface area contributed by atoms with Gasteiger partial charge in [-0.1, -0.05) is 77.8 Å². The summed E-state index contributed by atoms with van der Waals surface area (Å²) in [6, 6.07) is 15.8. The second kappa shape index (κ2) is 14.5. The maximum atomic E-state index is 14.1. The van der Waals surface area contributed by atoms with E-state index >= 15 is 0 Å². The number of ether oxygens (including phenoxy) is 1. The summed E-state index contributed by atoms with van der Waals surface area (Å²) in [5.41, 5.74) is 9.50. The van der Waals surface area contributed by atoms with Crippen LogP contribution in [-0.4, -0.2) is 68.9 Å². The number of hydrogen-bond acceptors (Lipinski definition) is 7. The number of nitrogens with zero attached hydrogens (tertiary/aromatic N) is 5. The van der Waals surface area contributed by atoms with E-state index in [-0.39, 0.29) is 5.56 Å². The zero-order chi connectivity index (χ0) is 33.8. The van der Waals surface area contributed by atoms with Crippen molar-refractivity contribution in [2.24, 2.45) is 7.05 Å². The molecule has 0 fully saturated rings. The third-order valence-electron chi connectivity index (χ3n) is 9.21. The van der Waals surface area contributed by atoms with Gasteiger partial charge in [0.1, 0.15) is 19.5 Å². The molecule has 0 atom stereocenters. The Morgan fingerprint density at radius 2 is 1.61 bits per heavy atom. The third kappa shape index (κ3) is 6.98. The van der Waals surface area contributed by atoms with Crippen molar-refractivity contribution in [2.75, 3.05) is 51.6 Å². The molecule has 244 valence electrons. The van der Waals surface area contributed by atoms with Crippen LogP contribution in [0.4, 0.5) is 17.3 Å². The average Bonchev–Trinajstić information content (AvgIpc) is 3.02. The summed E-state index contributed by atoms with van der Waals surface area (Å²) in [4.78, 5) is 28.0. The van der Waals surface area contributed by atoms with Gasteiger partial charge in [-0.05, 0) is 48.4 Å². The minimum Gasteiger partial charge on any atom is -0.494 e. The molecule has 46 heavy (non-hydrogen) atoms. The molecular weight excluding hydrogens is 589 g/mol. The maximum absolute atomic E-state index is 14.1. The third-order valence-corrected chi connectivity index (χ3v) is 15.5. The van der Waals surface area contributed by atoms with Gasteiger partial charge in [0.15, 0.2) is 0 Å². The van der Waals surface area contributed by atoms with E-state index in [1.54, 1.807) is 24.9 Å². The van der Waals surface area contributed by atoms with Gasteiger partial charge in [-0.3, -0.25) is 9.36 Å². The van der Waals surface area contributed by atoms with Crippen LogP contribution in [0.15, 0.2) is 59.5 Å². The van der Waals surface area contributed by atoms with Crippen LogP contribution in [0, 0.1) is 11.5 Å². The molecule has 0 amide bonds. The predicted molar refractivity (Wildman–Crippen MR) is 196 cm³/mol. The Labute approximate surface area is 275 Å². The number of hydrogen-bond donors (Lipinski definition) is 1. The Hall–Kier alpha value is -4.13. The number of methoxy groups -OCH3 is 1. The first-order valence-corrected chi connectivity index (χ1v) is 18.3. The lowest BCUT2D eigenvalue weighted by molar-refractivity contribution is 0.413. The molecule has 4 aromatic rings. The van der Waals surface area contributed by atoms with Crippen LogP contribution in [0.25, 0.3) is 22.2 Å². The molecule has 0 saturated carbocycles. The first-order chi connectivity index (χ1) is 21.8. The lowest BCUT2D eigenvalue weighted by Crippen LogP contribution is -2.43. The monoisotopic (exact) mass is 638 g/mol. The van der Waals surface area contributed by atoms with Crippen LogP contribution in [0.1, 0.15) is 47.1 Å². The van der Waals surface area contributed by atoms with Crippen LogP contribution in [0.2, 0.25) is 16.6 Å². The van der Waals surface area contributed by atoms with Gasteiger partial charge in [0.05, 0.1) is 23.7 Å². The van der Waals surface area contributed by atoms with Gasteiger partial charge < -0.3 is 19.9 Å². The molecule has 0 aliphatic rings. The lowest BCUT2D eigenvalue weighted by Gasteiger charge is -2.38. The van der Waals surface area contributed by atoms with Crippen molar-refractivity contribution >= 4 is 36.4 Å². The fourth-order valence-electron chi connectivity index (χ4n) is 6.60. The van der Waals surface area contributed by atoms with E-state index in [1.165, 1.54) is 0 Å². The van der Waals surface area contributed by atoms with Crippen molar-refractivity contribution < 1.29 is 4.74 Å². The van der Waals surface area contributed by atoms with E-state index in [1.807, 2.05) is 48.5 Å². The normalized spacial score (nSPS) is 11.8. The van der Waals surface area contributed by atoms with E-state index in [4.69, 9.17) is 14.7 Å². The molecule has 0 radical (unpaired) electrons. The largest absolute Gasteiger partial charge is 0.494 e. The molecule has 4 rings (SSSR count). The summed E-state index contributed by atoms with van der Waals surface area (Å²) >= 11 is 0. The average molecular weight is 639 g/mol. The zero-order valence-corrected chi connectivity index (χ0v) is 30.4. The quantitative estimate of drug-likeness (QED) is 0.136. The van der Waals surface area contributed by atoms with E-state index in [0.29, 0.717) is 45.1 Å². The standard InChI is InChI=1S/C37H50N6O2Si/c1-25(2)46(26(3)4,27(5)6)22-19-30-31-24-38-37(40-35(31)43(10)36(44)34(30)28-15-13-12-14-16-28)39-32-18-17-29(23-33(32)45-11)42(9)21-20-41(7)8/h12-18,23-27H,20-21H2,1-11H3,(H,38,39,40). The molecule has 0 aliphatic heterocycles. The fraction of sp³-hybridized carbons (Fsp3) is 0.432. The Morgan fingerprint density at radius 3 is 2.20 bits per heavy atom. The molecule has 2 heterocycles. The molecule has 0 spiro atoms. The first kappa shape index (κ1) is 34.7. The van der Waals surface area contributed by atoms with Gasteiger partial charge in [-0.2, -0.15) is 4.98 Å². The van der Waals surface area contributed by atoms with E-state index < -0.39 is 8.07 Å². The summed E-state index contributed by atoms with van der Waals surface area (Å²) in [7, 11) is 7.52. The summed E-state index contributed by atoms with van der Waals surface area (Å²) in [6.07, 6.45) is 1.79. The van der Waals surface area contributed by atoms with Crippen LogP contribution in [0.5, 0.6) is 5.75 Å². The van der Waals surface area contributed by atoms with E-state index in [9.17, 15) is 4.79 Å². The lowest BCUT2D eigenvalue weighted by atomic mass is 9.99. The number of aryl methyl sites for hydroxylation is 1. The summed E-state index contributed by atoms with van der Waals surface area (Å²) in [5, 5.41) is 4.08. The van der Waals surface area contributed by atoms with Crippen molar-refractivity contribution in [3.63, 3.8) is 0 Å². The molecule has 0 unspecified atom stereocenters. The van der Waals surface area contributed by atoms with Gasteiger partial charge in [0.2, 0.25) is 5.95 Å². The second-order valence-corrected chi connectivity index (χ2v) is 18.9. The molecule has 2 aromatic heterocycles. The summed E-state index contributed by atoms with van der Waals surface area (Å²) in [6.45, 7) is 15.6. The van der Waals surface area contributed by atoms with Crippen molar-refractivity contribution in [3.05, 3.63) is 70.6 Å². The highest BCUT2D eigenvalue weighted by molar-refractivity contribution is 6.90. The predicted octanol–water partition coefficient (Wildman–Crippen LogP) is 7.32. The number of anilines is 3. The highest BCUT2D eigenvalue weighted by Crippen LogP contribution is 2.41. The van der Waals surface area contributed by atoms with Gasteiger partial charge in [0.25, 0.3) is 5.56 Å². The fourth-order valence-corrected chi connectivity index (χ4v) is 11.8. The Kier molecular flexibility index (Phi) is 11.0. The first-order valence-electron chi connectivity index (χ1n) is 16.1. The van der Waals surface area contributed by atoms with Crippen LogP contribution < -0.4 is 20.5 Å². The molecule has 9 heteroatoms. The number of nitrogens with one attached hydrogen (secondary N) is 1. The van der Waals surface area contributed by atoms with Crippen molar-refractivity contribution in [1.82, 2.24) is 19.4 Å². The van der Waals surface area contributed by atoms with Crippen molar-refractivity contribution in [3.8, 4) is 28.3 Å². The number of fused-ring (bicyclic) bond motifs is 1. The molecule has 8 nitrogen and oxygen atoms in total. The van der Waals surface area contributed by atoms with E-state index in [2.05, 4.69) is 89.3 Å². The minimum absolute atomic E-state index is 0.138. The van der Waals surface area contributed by atoms with Gasteiger partial charge in [-0.15, -0.1) is 5.54 Å². The number of benzene rings is 2. The van der Waals surface area contributed by atoms with Crippen LogP contribution in [-0.2, 0) is 7.05 Å². The van der Waals surface area contributed by atoms with Crippen molar-refractivity contribution in [2.45, 2.75) is 58.2 Å². The zero-order valence-electron chi connectivity index (χ0n) is 29.4. The number of pyridine rings is 1. The Balaban J connectivity index is 1.87. The molecule has 2 aromatic carbocycles. The Morgan fingerprint density at radius 1 is 0.957 bits per heavy atom. The number of aromatic nitrogens is 3. The smallest absolute Gasteiger partial charge is 0.261 e. The van der Waals surface area contributed by atoms with Crippen LogP contribution >= 0.6 is 0 Å². The summed E-state index contributed by atoms with van der Waals surface area (Å²) < 4.78 is 7.35. The number of rotatable bonds is 11. The second-order valence-electron chi connectivity index (χ2n) is 13.3. The van der Waals surface area contributed by atoms with Gasteiger partial charge >= 0.3 is 0 Å². The number of likely N-dealkylation sites (N-methyl/N-ethyl adjacent to an activating group) is 2. The molecule has 0 bridgehead atoms. The summed E-state index contributed by atoms with van der Waals surface area (Å²) in [5.74, 6) is 4.65.